The van der Waals surface area contributed by atoms with Gasteiger partial charge in [0.1, 0.15) is 17.5 Å². The number of nitro benzene ring substituents is 1. The number of hydrogen-bond acceptors (Lipinski definition) is 6. The molecule has 0 bridgehead atoms. The number of benzene rings is 1. The van der Waals surface area contributed by atoms with E-state index in [2.05, 4.69) is 19.2 Å². The quantitative estimate of drug-likeness (QED) is 0.190. The summed E-state index contributed by atoms with van der Waals surface area (Å²) in [6.07, 6.45) is 0.470. The number of carboxylic acids is 1. The van der Waals surface area contributed by atoms with Crippen LogP contribution in [0.25, 0.3) is 0 Å². The molecule has 0 spiro atoms. The smallest absolute Gasteiger partial charge is 0.296 e. The van der Waals surface area contributed by atoms with Gasteiger partial charge in [0.15, 0.2) is 0 Å². The van der Waals surface area contributed by atoms with Gasteiger partial charge in [-0.25, -0.2) is 0 Å². The Hall–Kier alpha value is -2.72. The summed E-state index contributed by atoms with van der Waals surface area (Å²) in [4.78, 5) is 35.7. The van der Waals surface area contributed by atoms with E-state index in [9.17, 15) is 24.8 Å². The van der Waals surface area contributed by atoms with Crippen LogP contribution in [-0.2, 0) is 9.59 Å². The molecule has 0 aliphatic heterocycles. The standard InChI is InChI=1S/C19H30N4O6/c1-4-22(5-2)11-7-10-20-16(19(25)26)13-18(24)21-15-9-8-14(29-6-3)12-17(15)23(27)28/h8-9,12,16,20H,4-7,10-11,13H2,1-3H3,(H,21,24)(H,25,26)/p+1/t16-/m0/s1. The van der Waals surface area contributed by atoms with Crippen molar-refractivity contribution in [2.24, 2.45) is 0 Å². The van der Waals surface area contributed by atoms with Gasteiger partial charge in [-0.1, -0.05) is 0 Å². The molecule has 162 valence electrons. The molecule has 0 aliphatic carbocycles. The van der Waals surface area contributed by atoms with Gasteiger partial charge in [0.05, 0.1) is 56.2 Å². The van der Waals surface area contributed by atoms with Gasteiger partial charge in [0.2, 0.25) is 5.91 Å². The molecule has 29 heavy (non-hydrogen) atoms. The normalized spacial score (nSPS) is 11.9. The van der Waals surface area contributed by atoms with E-state index in [0.29, 0.717) is 18.9 Å². The first-order chi connectivity index (χ1) is 13.8. The third-order valence-electron chi connectivity index (χ3n) is 4.64. The maximum absolute atomic E-state index is 12.3. The Labute approximate surface area is 170 Å². The number of carbonyl (C=O) groups excluding carboxylic acids is 2. The molecule has 10 nitrogen and oxygen atoms in total. The monoisotopic (exact) mass is 411 g/mol. The first-order valence-electron chi connectivity index (χ1n) is 9.91. The van der Waals surface area contributed by atoms with Crippen molar-refractivity contribution in [2.75, 3.05) is 38.1 Å². The topological polar surface area (TPSA) is 143 Å². The number of amides is 1. The lowest BCUT2D eigenvalue weighted by atomic mass is 10.1. The maximum atomic E-state index is 12.3. The summed E-state index contributed by atoms with van der Waals surface area (Å²) in [7, 11) is 0. The fourth-order valence-corrected chi connectivity index (χ4v) is 2.96. The van der Waals surface area contributed by atoms with Crippen LogP contribution >= 0.6 is 0 Å². The van der Waals surface area contributed by atoms with E-state index < -0.39 is 22.8 Å². The Morgan fingerprint density at radius 3 is 2.52 bits per heavy atom. The Bertz CT molecular complexity index is 693. The van der Waals surface area contributed by atoms with E-state index in [4.69, 9.17) is 4.74 Å². The lowest BCUT2D eigenvalue weighted by Crippen LogP contribution is -3.11. The van der Waals surface area contributed by atoms with E-state index in [1.807, 2.05) is 0 Å². The Morgan fingerprint density at radius 1 is 1.28 bits per heavy atom. The molecule has 1 aromatic carbocycles. The second-order valence-electron chi connectivity index (χ2n) is 6.63. The molecule has 0 saturated carbocycles. The molecule has 10 heteroatoms. The van der Waals surface area contributed by atoms with Crippen molar-refractivity contribution in [3.05, 3.63) is 28.3 Å². The van der Waals surface area contributed by atoms with Gasteiger partial charge in [0.25, 0.3) is 5.69 Å². The molecule has 0 saturated heterocycles. The fraction of sp³-hybridized carbons (Fsp3) is 0.579. The highest BCUT2D eigenvalue weighted by atomic mass is 16.6. The first-order valence-corrected chi connectivity index (χ1v) is 9.91. The van der Waals surface area contributed by atoms with Gasteiger partial charge in [0, 0.05) is 6.42 Å². The summed E-state index contributed by atoms with van der Waals surface area (Å²) < 4.78 is 5.23. The molecule has 0 radical (unpaired) electrons. The van der Waals surface area contributed by atoms with Crippen molar-refractivity contribution in [1.29, 1.82) is 0 Å². The van der Waals surface area contributed by atoms with Crippen LogP contribution in [0.2, 0.25) is 0 Å². The number of aliphatic carboxylic acids is 1. The van der Waals surface area contributed by atoms with E-state index in [0.717, 1.165) is 26.1 Å². The Morgan fingerprint density at radius 2 is 1.97 bits per heavy atom. The zero-order valence-electron chi connectivity index (χ0n) is 17.2. The lowest BCUT2D eigenvalue weighted by Gasteiger charge is -2.18. The van der Waals surface area contributed by atoms with Gasteiger partial charge in [-0.15, -0.1) is 0 Å². The van der Waals surface area contributed by atoms with Gasteiger partial charge >= 0.3 is 0 Å². The molecule has 0 aliphatic rings. The average molecular weight is 411 g/mol. The van der Waals surface area contributed by atoms with Gasteiger partial charge < -0.3 is 30.2 Å². The summed E-state index contributed by atoms with van der Waals surface area (Å²) >= 11 is 0. The van der Waals surface area contributed by atoms with Crippen LogP contribution in [0.3, 0.4) is 0 Å². The second kappa shape index (κ2) is 12.7. The van der Waals surface area contributed by atoms with Crippen molar-refractivity contribution in [3.8, 4) is 5.75 Å². The number of hydrogen-bond donors (Lipinski definition) is 3. The molecular formula is C19H31N4O6+. The van der Waals surface area contributed by atoms with Crippen molar-refractivity contribution in [2.45, 2.75) is 39.7 Å². The van der Waals surface area contributed by atoms with Crippen LogP contribution in [0, 0.1) is 10.1 Å². The predicted molar refractivity (Wildman–Crippen MR) is 105 cm³/mol. The van der Waals surface area contributed by atoms with Gasteiger partial charge in [-0.2, -0.15) is 0 Å². The highest BCUT2D eigenvalue weighted by molar-refractivity contribution is 5.95. The minimum Gasteiger partial charge on any atom is -0.544 e. The number of nitrogens with zero attached hydrogens (tertiary/aromatic N) is 1. The number of nitro groups is 1. The average Bonchev–Trinajstić information content (AvgIpc) is 2.68. The van der Waals surface area contributed by atoms with E-state index in [1.54, 1.807) is 12.2 Å². The van der Waals surface area contributed by atoms with Crippen LogP contribution in [0.1, 0.15) is 33.6 Å². The molecular weight excluding hydrogens is 380 g/mol. The maximum Gasteiger partial charge on any atom is 0.296 e. The fourth-order valence-electron chi connectivity index (χ4n) is 2.96. The van der Waals surface area contributed by atoms with Crippen molar-refractivity contribution < 1.29 is 34.6 Å². The molecule has 1 amide bonds. The molecule has 1 rings (SSSR count). The number of ether oxygens (including phenoxy) is 1. The van der Waals surface area contributed by atoms with Crippen molar-refractivity contribution in [3.63, 3.8) is 0 Å². The molecule has 1 aromatic rings. The Balaban J connectivity index is 2.67. The molecule has 0 heterocycles. The molecule has 4 N–H and O–H groups in total. The summed E-state index contributed by atoms with van der Waals surface area (Å²) in [6, 6.07) is 3.04. The lowest BCUT2D eigenvalue weighted by molar-refractivity contribution is -0.898. The summed E-state index contributed by atoms with van der Waals surface area (Å²) in [5.41, 5.74) is -0.328. The third kappa shape index (κ3) is 8.44. The zero-order chi connectivity index (χ0) is 21.8. The van der Waals surface area contributed by atoms with E-state index in [-0.39, 0.29) is 17.8 Å². The number of carboxylic acid groups (broad SMARTS) is 1. The molecule has 0 unspecified atom stereocenters. The number of carbonyl (C=O) groups is 2. The zero-order valence-corrected chi connectivity index (χ0v) is 17.2. The van der Waals surface area contributed by atoms with E-state index in [1.165, 1.54) is 23.1 Å². The van der Waals surface area contributed by atoms with Crippen LogP contribution < -0.4 is 25.4 Å². The minimum absolute atomic E-state index is 0.00863. The first kappa shape index (κ1) is 24.3. The van der Waals surface area contributed by atoms with Crippen LogP contribution in [0.15, 0.2) is 18.2 Å². The van der Waals surface area contributed by atoms with Crippen LogP contribution in [0.5, 0.6) is 5.75 Å². The van der Waals surface area contributed by atoms with E-state index >= 15 is 0 Å². The third-order valence-corrected chi connectivity index (χ3v) is 4.64. The highest BCUT2D eigenvalue weighted by Gasteiger charge is 2.22. The van der Waals surface area contributed by atoms with Gasteiger partial charge in [-0.05, 0) is 32.9 Å². The SMILES string of the molecule is CCOc1ccc(NC(=O)C[C@H]([NH2+]CCC[NH+](CC)CC)C(=O)[O-])c([N+](=O)[O-])c1. The number of rotatable bonds is 14. The Kier molecular flexibility index (Phi) is 10.6. The van der Waals surface area contributed by atoms with Crippen LogP contribution in [-0.4, -0.2) is 55.6 Å². The molecule has 0 fully saturated rings. The van der Waals surface area contributed by atoms with Crippen molar-refractivity contribution >= 4 is 23.3 Å². The summed E-state index contributed by atoms with van der Waals surface area (Å²) in [5, 5.41) is 26.6. The summed E-state index contributed by atoms with van der Waals surface area (Å²) in [6.45, 7) is 9.77. The predicted octanol–water partition coefficient (Wildman–Crippen LogP) is -1.68. The van der Waals surface area contributed by atoms with Crippen LogP contribution in [0.4, 0.5) is 11.4 Å². The van der Waals surface area contributed by atoms with Crippen molar-refractivity contribution in [1.82, 2.24) is 0 Å². The molecule has 0 aromatic heterocycles. The number of anilines is 1. The second-order valence-corrected chi connectivity index (χ2v) is 6.63. The van der Waals surface area contributed by atoms with Gasteiger partial charge in [-0.3, -0.25) is 14.9 Å². The largest absolute Gasteiger partial charge is 0.544 e. The number of nitrogens with two attached hydrogens (primary N) is 1. The number of nitrogens with one attached hydrogen (secondary N) is 2. The molecule has 1 atom stereocenters. The number of quaternary nitrogens is 2. The summed E-state index contributed by atoms with van der Waals surface area (Å²) in [5.74, 6) is -1.65. The highest BCUT2D eigenvalue weighted by Crippen LogP contribution is 2.29. The minimum atomic E-state index is -1.34.